The van der Waals surface area contributed by atoms with Crippen LogP contribution in [0.3, 0.4) is 0 Å². The second kappa shape index (κ2) is 4.60. The van der Waals surface area contributed by atoms with E-state index in [0.29, 0.717) is 18.4 Å². The molecule has 0 amide bonds. The van der Waals surface area contributed by atoms with Crippen LogP contribution in [0.1, 0.15) is 30.5 Å². The highest BCUT2D eigenvalue weighted by molar-refractivity contribution is 7.09. The number of hydrogen-bond donors (Lipinski definition) is 1. The predicted molar refractivity (Wildman–Crippen MR) is 62.1 cm³/mol. The third kappa shape index (κ3) is 2.56. The van der Waals surface area contributed by atoms with Gasteiger partial charge in [0, 0.05) is 43.5 Å². The van der Waals surface area contributed by atoms with Gasteiger partial charge in [0.25, 0.3) is 0 Å². The van der Waals surface area contributed by atoms with Gasteiger partial charge >= 0.3 is 0 Å². The molecule has 1 fully saturated rings. The molecule has 1 N–H and O–H groups in total. The fourth-order valence-electron chi connectivity index (χ4n) is 1.81. The van der Waals surface area contributed by atoms with E-state index in [-0.39, 0.29) is 0 Å². The maximum absolute atomic E-state index is 8.91. The smallest absolute Gasteiger partial charge is 0.0954 e. The summed E-state index contributed by atoms with van der Waals surface area (Å²) >= 11 is 1.75. The average molecular weight is 226 g/mol. The van der Waals surface area contributed by atoms with Crippen molar-refractivity contribution in [3.63, 3.8) is 0 Å². The molecule has 1 saturated heterocycles. The Kier molecular flexibility index (Phi) is 3.38. The highest BCUT2D eigenvalue weighted by atomic mass is 32.1. The van der Waals surface area contributed by atoms with E-state index in [4.69, 9.17) is 5.11 Å². The summed E-state index contributed by atoms with van der Waals surface area (Å²) in [5.41, 5.74) is 1.18. The highest BCUT2D eigenvalue weighted by Gasteiger charge is 2.26. The molecule has 0 aromatic carbocycles. The molecule has 2 heterocycles. The highest BCUT2D eigenvalue weighted by Crippen LogP contribution is 2.22. The van der Waals surface area contributed by atoms with Crippen molar-refractivity contribution in [3.8, 4) is 0 Å². The standard InChI is InChI=1S/C11H18N2OS/c1-8(2)11-12-10(7-15-11)5-13-3-9(4-13)6-14/h7-9,14H,3-6H2,1-2H3. The van der Waals surface area contributed by atoms with Gasteiger partial charge in [-0.3, -0.25) is 4.90 Å². The Morgan fingerprint density at radius 1 is 1.60 bits per heavy atom. The van der Waals surface area contributed by atoms with Crippen LogP contribution >= 0.6 is 11.3 Å². The second-order valence-electron chi connectivity index (χ2n) is 4.57. The zero-order chi connectivity index (χ0) is 10.8. The van der Waals surface area contributed by atoms with Gasteiger partial charge in [0.1, 0.15) is 0 Å². The molecule has 2 rings (SSSR count). The Morgan fingerprint density at radius 3 is 2.87 bits per heavy atom. The van der Waals surface area contributed by atoms with Crippen LogP contribution in [0.2, 0.25) is 0 Å². The van der Waals surface area contributed by atoms with E-state index >= 15 is 0 Å². The molecular formula is C11H18N2OS. The minimum atomic E-state index is 0.324. The largest absolute Gasteiger partial charge is 0.396 e. The molecule has 0 aliphatic carbocycles. The van der Waals surface area contributed by atoms with E-state index in [0.717, 1.165) is 19.6 Å². The molecule has 15 heavy (non-hydrogen) atoms. The summed E-state index contributed by atoms with van der Waals surface area (Å²) in [5.74, 6) is 1.03. The molecule has 0 saturated carbocycles. The van der Waals surface area contributed by atoms with Crippen molar-refractivity contribution in [2.24, 2.45) is 5.92 Å². The number of thiazole rings is 1. The van der Waals surface area contributed by atoms with Gasteiger partial charge in [-0.15, -0.1) is 11.3 Å². The fraction of sp³-hybridized carbons (Fsp3) is 0.727. The van der Waals surface area contributed by atoms with Gasteiger partial charge < -0.3 is 5.11 Å². The van der Waals surface area contributed by atoms with Crippen molar-refractivity contribution in [2.45, 2.75) is 26.3 Å². The van der Waals surface area contributed by atoms with Crippen molar-refractivity contribution < 1.29 is 5.11 Å². The monoisotopic (exact) mass is 226 g/mol. The average Bonchev–Trinajstić information content (AvgIpc) is 2.58. The van der Waals surface area contributed by atoms with Crippen LogP contribution in [0.25, 0.3) is 0 Å². The molecule has 4 heteroatoms. The van der Waals surface area contributed by atoms with Gasteiger partial charge in [-0.1, -0.05) is 13.8 Å². The zero-order valence-electron chi connectivity index (χ0n) is 9.31. The van der Waals surface area contributed by atoms with E-state index in [2.05, 4.69) is 29.1 Å². The lowest BCUT2D eigenvalue weighted by Gasteiger charge is -2.37. The Labute approximate surface area is 94.8 Å². The summed E-state index contributed by atoms with van der Waals surface area (Å²) in [6.45, 7) is 7.66. The van der Waals surface area contributed by atoms with E-state index in [1.165, 1.54) is 10.7 Å². The maximum atomic E-state index is 8.91. The fourth-order valence-corrected chi connectivity index (χ4v) is 2.64. The summed E-state index contributed by atoms with van der Waals surface area (Å²) in [4.78, 5) is 6.93. The molecule has 0 radical (unpaired) electrons. The topological polar surface area (TPSA) is 36.4 Å². The van der Waals surface area contributed by atoms with E-state index in [1.807, 2.05) is 0 Å². The predicted octanol–water partition coefficient (Wildman–Crippen LogP) is 1.69. The summed E-state index contributed by atoms with van der Waals surface area (Å²) in [6.07, 6.45) is 0. The van der Waals surface area contributed by atoms with Crippen LogP contribution in [0.15, 0.2) is 5.38 Å². The minimum absolute atomic E-state index is 0.324. The Morgan fingerprint density at radius 2 is 2.33 bits per heavy atom. The maximum Gasteiger partial charge on any atom is 0.0954 e. The molecule has 1 aliphatic heterocycles. The van der Waals surface area contributed by atoms with E-state index in [9.17, 15) is 0 Å². The molecule has 84 valence electrons. The van der Waals surface area contributed by atoms with Crippen molar-refractivity contribution in [3.05, 3.63) is 16.1 Å². The summed E-state index contributed by atoms with van der Waals surface area (Å²) in [6, 6.07) is 0. The van der Waals surface area contributed by atoms with Gasteiger partial charge in [-0.2, -0.15) is 0 Å². The van der Waals surface area contributed by atoms with Gasteiger partial charge in [0.15, 0.2) is 0 Å². The van der Waals surface area contributed by atoms with Gasteiger partial charge in [-0.25, -0.2) is 4.98 Å². The first kappa shape index (κ1) is 11.0. The molecule has 1 aromatic heterocycles. The summed E-state index contributed by atoms with van der Waals surface area (Å²) < 4.78 is 0. The van der Waals surface area contributed by atoms with Crippen molar-refractivity contribution in [2.75, 3.05) is 19.7 Å². The van der Waals surface area contributed by atoms with Crippen LogP contribution in [0.5, 0.6) is 0 Å². The van der Waals surface area contributed by atoms with Gasteiger partial charge in [0.05, 0.1) is 10.7 Å². The molecule has 0 unspecified atom stereocenters. The number of aliphatic hydroxyl groups excluding tert-OH is 1. The van der Waals surface area contributed by atoms with Gasteiger partial charge in [-0.05, 0) is 0 Å². The Hall–Kier alpha value is -0.450. The van der Waals surface area contributed by atoms with Crippen LogP contribution in [-0.4, -0.2) is 34.7 Å². The quantitative estimate of drug-likeness (QED) is 0.849. The van der Waals surface area contributed by atoms with Crippen LogP contribution in [0.4, 0.5) is 0 Å². The lowest BCUT2D eigenvalue weighted by molar-refractivity contribution is 0.0471. The summed E-state index contributed by atoms with van der Waals surface area (Å²) in [5, 5.41) is 12.3. The number of aliphatic hydroxyl groups is 1. The lowest BCUT2D eigenvalue weighted by Crippen LogP contribution is -2.47. The number of hydrogen-bond acceptors (Lipinski definition) is 4. The third-order valence-electron chi connectivity index (χ3n) is 2.74. The SMILES string of the molecule is CC(C)c1nc(CN2CC(CO)C2)cs1. The van der Waals surface area contributed by atoms with Crippen molar-refractivity contribution in [1.29, 1.82) is 0 Å². The van der Waals surface area contributed by atoms with Crippen molar-refractivity contribution in [1.82, 2.24) is 9.88 Å². The molecule has 1 aromatic rings. The first-order valence-corrected chi connectivity index (χ1v) is 6.34. The molecule has 0 spiro atoms. The molecule has 1 aliphatic rings. The second-order valence-corrected chi connectivity index (χ2v) is 5.46. The van der Waals surface area contributed by atoms with Crippen LogP contribution < -0.4 is 0 Å². The van der Waals surface area contributed by atoms with Crippen molar-refractivity contribution >= 4 is 11.3 Å². The number of nitrogens with zero attached hydrogens (tertiary/aromatic N) is 2. The minimum Gasteiger partial charge on any atom is -0.396 e. The number of aromatic nitrogens is 1. The van der Waals surface area contributed by atoms with E-state index in [1.54, 1.807) is 11.3 Å². The first-order chi connectivity index (χ1) is 7.19. The zero-order valence-corrected chi connectivity index (χ0v) is 10.1. The molecule has 3 nitrogen and oxygen atoms in total. The Balaban J connectivity index is 1.84. The van der Waals surface area contributed by atoms with Crippen LogP contribution in [-0.2, 0) is 6.54 Å². The summed E-state index contributed by atoms with van der Waals surface area (Å²) in [7, 11) is 0. The lowest BCUT2D eigenvalue weighted by atomic mass is 10.0. The number of likely N-dealkylation sites (tertiary alicyclic amines) is 1. The molecule has 0 bridgehead atoms. The number of rotatable bonds is 4. The normalized spacial score (nSPS) is 18.4. The van der Waals surface area contributed by atoms with Crippen LogP contribution in [0, 0.1) is 5.92 Å². The Bertz CT molecular complexity index is 318. The van der Waals surface area contributed by atoms with E-state index < -0.39 is 0 Å². The molecular weight excluding hydrogens is 208 g/mol. The van der Waals surface area contributed by atoms with Gasteiger partial charge in [0.2, 0.25) is 0 Å². The first-order valence-electron chi connectivity index (χ1n) is 5.46. The molecule has 0 atom stereocenters. The third-order valence-corrected chi connectivity index (χ3v) is 3.93.